The molecule has 0 saturated heterocycles. The number of halogens is 1. The van der Waals surface area contributed by atoms with Gasteiger partial charge in [-0.25, -0.2) is 4.79 Å². The van der Waals surface area contributed by atoms with Gasteiger partial charge in [0.15, 0.2) is 5.49 Å². The lowest BCUT2D eigenvalue weighted by Crippen LogP contribution is -2.59. The van der Waals surface area contributed by atoms with Crippen LogP contribution in [-0.4, -0.2) is 37.1 Å². The number of hydrogen-bond acceptors (Lipinski definition) is 4. The highest BCUT2D eigenvalue weighted by atomic mass is 28.4. The Morgan fingerprint density at radius 2 is 1.59 bits per heavy atom. The standard InChI is InChI=1S/C19H33FN2O4Si/c1-17(2,3)26-16(23)21-15-11-13(25-10)14(12-22(15)24)27(20,18(4,5)6)19(7,8)9/h11-12,24H,1-10H3. The maximum absolute atomic E-state index is 16.6. The second kappa shape index (κ2) is 7.29. The lowest BCUT2D eigenvalue weighted by Gasteiger charge is -2.45. The summed E-state index contributed by atoms with van der Waals surface area (Å²) in [6.07, 6.45) is 0.417. The van der Waals surface area contributed by atoms with E-state index in [4.69, 9.17) is 9.47 Å². The van der Waals surface area contributed by atoms with E-state index in [1.54, 1.807) is 20.8 Å². The molecule has 1 amide bonds. The second-order valence-electron chi connectivity index (χ2n) is 9.71. The minimum absolute atomic E-state index is 0.0935. The zero-order chi connectivity index (χ0) is 21.4. The highest BCUT2D eigenvalue weighted by Gasteiger charge is 2.58. The predicted molar refractivity (Wildman–Crippen MR) is 106 cm³/mol. The molecular formula is C19H33FN2O4Si. The molecule has 1 aromatic rings. The van der Waals surface area contributed by atoms with Gasteiger partial charge in [0.25, 0.3) is 8.41 Å². The molecule has 154 valence electrons. The molecule has 0 saturated carbocycles. The van der Waals surface area contributed by atoms with Crippen LogP contribution in [0, 0.1) is 0 Å². The predicted octanol–water partition coefficient (Wildman–Crippen LogP) is 4.29. The van der Waals surface area contributed by atoms with E-state index in [2.05, 4.69) is 4.99 Å². The molecule has 0 atom stereocenters. The van der Waals surface area contributed by atoms with Crippen molar-refractivity contribution in [3.8, 4) is 5.75 Å². The zero-order valence-corrected chi connectivity index (χ0v) is 19.1. The van der Waals surface area contributed by atoms with Crippen LogP contribution >= 0.6 is 0 Å². The third-order valence-electron chi connectivity index (χ3n) is 4.27. The third kappa shape index (κ3) is 4.91. The maximum atomic E-state index is 16.6. The minimum Gasteiger partial charge on any atom is -0.497 e. The van der Waals surface area contributed by atoms with Crippen LogP contribution < -0.4 is 15.4 Å². The van der Waals surface area contributed by atoms with Crippen molar-refractivity contribution < 1.29 is 23.6 Å². The molecule has 0 bridgehead atoms. The molecular weight excluding hydrogens is 367 g/mol. The third-order valence-corrected chi connectivity index (χ3v) is 9.52. The summed E-state index contributed by atoms with van der Waals surface area (Å²) in [5.74, 6) is 0.252. The summed E-state index contributed by atoms with van der Waals surface area (Å²) < 4.78 is 27.8. The van der Waals surface area contributed by atoms with Crippen molar-refractivity contribution in [2.24, 2.45) is 4.99 Å². The van der Waals surface area contributed by atoms with Gasteiger partial charge in [-0.15, -0.1) is 0 Å². The Hall–Kier alpha value is -1.83. The van der Waals surface area contributed by atoms with E-state index in [0.717, 1.165) is 0 Å². The molecule has 8 heteroatoms. The molecule has 27 heavy (non-hydrogen) atoms. The van der Waals surface area contributed by atoms with Crippen molar-refractivity contribution in [3.05, 3.63) is 17.8 Å². The van der Waals surface area contributed by atoms with Crippen LogP contribution in [0.15, 0.2) is 17.3 Å². The first kappa shape index (κ1) is 23.2. The topological polar surface area (TPSA) is 73.0 Å². The molecule has 0 aliphatic rings. The number of ether oxygens (including phenoxy) is 2. The summed E-state index contributed by atoms with van der Waals surface area (Å²) in [6.45, 7) is 16.3. The van der Waals surface area contributed by atoms with Crippen LogP contribution in [0.5, 0.6) is 5.75 Å². The number of methoxy groups -OCH3 is 1. The summed E-state index contributed by atoms with van der Waals surface area (Å²) in [6, 6.07) is 1.36. The van der Waals surface area contributed by atoms with E-state index in [9.17, 15) is 10.0 Å². The van der Waals surface area contributed by atoms with Crippen molar-refractivity contribution in [3.63, 3.8) is 0 Å². The highest BCUT2D eigenvalue weighted by Crippen LogP contribution is 2.52. The van der Waals surface area contributed by atoms with Crippen molar-refractivity contribution in [2.75, 3.05) is 7.11 Å². The Bertz CT molecular complexity index is 754. The molecule has 0 aliphatic heterocycles. The van der Waals surface area contributed by atoms with Gasteiger partial charge in [-0.3, -0.25) is 0 Å². The summed E-state index contributed by atoms with van der Waals surface area (Å²) in [7, 11) is -2.26. The lowest BCUT2D eigenvalue weighted by atomic mass is 10.2. The lowest BCUT2D eigenvalue weighted by molar-refractivity contribution is 0.0587. The molecule has 0 fully saturated rings. The number of amides is 1. The molecule has 0 unspecified atom stereocenters. The number of nitrogens with zero attached hydrogens (tertiary/aromatic N) is 2. The van der Waals surface area contributed by atoms with E-state index in [1.807, 2.05) is 41.5 Å². The number of carbonyl (C=O) groups is 1. The first-order valence-electron chi connectivity index (χ1n) is 8.91. The van der Waals surface area contributed by atoms with Crippen LogP contribution in [0.25, 0.3) is 0 Å². The fraction of sp³-hybridized carbons (Fsp3) is 0.684. The Morgan fingerprint density at radius 1 is 1.11 bits per heavy atom. The summed E-state index contributed by atoms with van der Waals surface area (Å²) in [5.41, 5.74) is -0.811. The maximum Gasteiger partial charge on any atom is 0.436 e. The van der Waals surface area contributed by atoms with Gasteiger partial charge in [-0.2, -0.15) is 9.72 Å². The SMILES string of the molecule is COc1cc(=NC(=O)OC(C)(C)C)n(O)cc1[Si](F)(C(C)(C)C)C(C)(C)C. The monoisotopic (exact) mass is 400 g/mol. The molecule has 1 heterocycles. The van der Waals surface area contributed by atoms with Gasteiger partial charge in [0.1, 0.15) is 11.4 Å². The fourth-order valence-electron chi connectivity index (χ4n) is 3.34. The average Bonchev–Trinajstić information content (AvgIpc) is 2.43. The fourth-order valence-corrected chi connectivity index (χ4v) is 8.02. The normalized spacial score (nSPS) is 14.3. The van der Waals surface area contributed by atoms with Crippen LogP contribution in [0.1, 0.15) is 62.3 Å². The molecule has 6 nitrogen and oxygen atoms in total. The summed E-state index contributed by atoms with van der Waals surface area (Å²) in [4.78, 5) is 15.7. The number of rotatable bonds is 2. The summed E-state index contributed by atoms with van der Waals surface area (Å²) >= 11 is 0. The Morgan fingerprint density at radius 3 is 1.96 bits per heavy atom. The van der Waals surface area contributed by atoms with E-state index in [1.165, 1.54) is 19.4 Å². The molecule has 0 aromatic carbocycles. The number of pyridine rings is 1. The molecule has 1 N–H and O–H groups in total. The second-order valence-corrected chi connectivity index (χ2v) is 14.6. The van der Waals surface area contributed by atoms with Crippen molar-refractivity contribution in [1.29, 1.82) is 0 Å². The Labute approximate surface area is 162 Å². The highest BCUT2D eigenvalue weighted by molar-refractivity contribution is 6.91. The van der Waals surface area contributed by atoms with Crippen LogP contribution in [0.3, 0.4) is 0 Å². The first-order valence-corrected chi connectivity index (χ1v) is 10.8. The molecule has 0 aliphatic carbocycles. The zero-order valence-electron chi connectivity index (χ0n) is 18.1. The van der Waals surface area contributed by atoms with Gasteiger partial charge >= 0.3 is 6.09 Å². The van der Waals surface area contributed by atoms with Gasteiger partial charge in [0, 0.05) is 11.3 Å². The quantitative estimate of drug-likeness (QED) is 0.456. The van der Waals surface area contributed by atoms with Crippen LogP contribution in [0.4, 0.5) is 8.90 Å². The van der Waals surface area contributed by atoms with E-state index >= 15 is 4.11 Å². The molecule has 0 spiro atoms. The summed E-state index contributed by atoms with van der Waals surface area (Å²) in [5, 5.41) is 9.37. The molecule has 0 radical (unpaired) electrons. The van der Waals surface area contributed by atoms with E-state index < -0.39 is 30.2 Å². The smallest absolute Gasteiger partial charge is 0.436 e. The van der Waals surface area contributed by atoms with Gasteiger partial charge < -0.3 is 18.8 Å². The Balaban J connectivity index is 3.67. The van der Waals surface area contributed by atoms with Crippen LogP contribution in [-0.2, 0) is 4.74 Å². The number of aromatic nitrogens is 1. The minimum atomic E-state index is -3.69. The molecule has 1 aromatic heterocycles. The van der Waals surface area contributed by atoms with Gasteiger partial charge in [0.05, 0.1) is 13.3 Å². The van der Waals surface area contributed by atoms with Crippen molar-refractivity contribution >= 4 is 19.7 Å². The Kier molecular flexibility index (Phi) is 6.27. The average molecular weight is 401 g/mol. The van der Waals surface area contributed by atoms with E-state index in [-0.39, 0.29) is 11.2 Å². The first-order chi connectivity index (χ1) is 11.9. The van der Waals surface area contributed by atoms with Crippen LogP contribution in [0.2, 0.25) is 10.1 Å². The van der Waals surface area contributed by atoms with Gasteiger partial charge in [-0.1, -0.05) is 41.5 Å². The van der Waals surface area contributed by atoms with Crippen molar-refractivity contribution in [1.82, 2.24) is 4.73 Å². The van der Waals surface area contributed by atoms with Gasteiger partial charge in [0.2, 0.25) is 0 Å². The van der Waals surface area contributed by atoms with E-state index in [0.29, 0.717) is 9.92 Å². The molecule has 1 rings (SSSR count). The van der Waals surface area contributed by atoms with Gasteiger partial charge in [-0.05, 0) is 30.8 Å². The number of hydrogen-bond donors (Lipinski definition) is 1. The van der Waals surface area contributed by atoms with Crippen molar-refractivity contribution in [2.45, 2.75) is 78.0 Å². The largest absolute Gasteiger partial charge is 0.497 e. The number of carbonyl (C=O) groups excluding carboxylic acids is 1.